The number of anilines is 2. The highest BCUT2D eigenvalue weighted by atomic mass is 79.9. The highest BCUT2D eigenvalue weighted by Crippen LogP contribution is 2.23. The molecular formula is C17H16BrN3. The Bertz CT molecular complexity index is 786. The lowest BCUT2D eigenvalue weighted by Crippen LogP contribution is -2.07. The van der Waals surface area contributed by atoms with Crippen LogP contribution in [0.2, 0.25) is 0 Å². The van der Waals surface area contributed by atoms with Crippen molar-refractivity contribution in [1.29, 1.82) is 0 Å². The number of nitrogens with one attached hydrogen (secondary N) is 1. The smallest absolute Gasteiger partial charge is 0.127 e. The molecule has 21 heavy (non-hydrogen) atoms. The van der Waals surface area contributed by atoms with Crippen LogP contribution in [0.25, 0.3) is 10.9 Å². The molecule has 3 rings (SSSR count). The molecule has 0 radical (unpaired) electrons. The number of nitrogen functional groups attached to an aromatic ring is 1. The van der Waals surface area contributed by atoms with E-state index in [4.69, 9.17) is 5.73 Å². The molecule has 0 spiro atoms. The molecule has 3 nitrogen and oxygen atoms in total. The molecule has 0 fully saturated rings. The van der Waals surface area contributed by atoms with Gasteiger partial charge >= 0.3 is 0 Å². The Labute approximate surface area is 132 Å². The molecule has 0 saturated heterocycles. The first-order valence-electron chi connectivity index (χ1n) is 6.80. The van der Waals surface area contributed by atoms with Crippen molar-refractivity contribution in [2.75, 3.05) is 11.1 Å². The van der Waals surface area contributed by atoms with Crippen LogP contribution in [0.1, 0.15) is 18.5 Å². The van der Waals surface area contributed by atoms with Crippen LogP contribution >= 0.6 is 15.9 Å². The van der Waals surface area contributed by atoms with E-state index < -0.39 is 0 Å². The van der Waals surface area contributed by atoms with Gasteiger partial charge in [-0.2, -0.15) is 0 Å². The fourth-order valence-electron chi connectivity index (χ4n) is 2.31. The minimum absolute atomic E-state index is 0.182. The van der Waals surface area contributed by atoms with E-state index in [2.05, 4.69) is 45.3 Å². The van der Waals surface area contributed by atoms with Gasteiger partial charge in [-0.15, -0.1) is 0 Å². The van der Waals surface area contributed by atoms with E-state index in [-0.39, 0.29) is 6.04 Å². The maximum atomic E-state index is 5.78. The number of hydrogen-bond acceptors (Lipinski definition) is 3. The van der Waals surface area contributed by atoms with E-state index >= 15 is 0 Å². The Hall–Kier alpha value is -2.07. The topological polar surface area (TPSA) is 50.9 Å². The maximum absolute atomic E-state index is 5.78. The average molecular weight is 342 g/mol. The van der Waals surface area contributed by atoms with Crippen LogP contribution in [0, 0.1) is 0 Å². The normalized spacial score (nSPS) is 12.3. The second-order valence-electron chi connectivity index (χ2n) is 5.07. The van der Waals surface area contributed by atoms with E-state index in [0.717, 1.165) is 26.9 Å². The van der Waals surface area contributed by atoms with Gasteiger partial charge in [0.15, 0.2) is 0 Å². The van der Waals surface area contributed by atoms with Gasteiger partial charge in [0.05, 0.1) is 5.52 Å². The number of fused-ring (bicyclic) bond motifs is 1. The fourth-order valence-corrected chi connectivity index (χ4v) is 2.72. The van der Waals surface area contributed by atoms with Gasteiger partial charge in [0.2, 0.25) is 0 Å². The van der Waals surface area contributed by atoms with Gasteiger partial charge in [-0.05, 0) is 55.0 Å². The summed E-state index contributed by atoms with van der Waals surface area (Å²) in [7, 11) is 0. The average Bonchev–Trinajstić information content (AvgIpc) is 2.47. The SMILES string of the molecule is CC(Nc1ccc2cc(N)ccc2n1)c1cccc(Br)c1. The van der Waals surface area contributed by atoms with Crippen LogP contribution < -0.4 is 11.1 Å². The third-order valence-electron chi connectivity index (χ3n) is 3.43. The monoisotopic (exact) mass is 341 g/mol. The predicted octanol–water partition coefficient (Wildman–Crippen LogP) is 4.75. The molecule has 0 aliphatic heterocycles. The Kier molecular flexibility index (Phi) is 3.80. The first kappa shape index (κ1) is 13.9. The predicted molar refractivity (Wildman–Crippen MR) is 92.3 cm³/mol. The lowest BCUT2D eigenvalue weighted by atomic mass is 10.1. The Balaban J connectivity index is 1.86. The van der Waals surface area contributed by atoms with Crippen LogP contribution in [0.4, 0.5) is 11.5 Å². The lowest BCUT2D eigenvalue weighted by Gasteiger charge is -2.15. The van der Waals surface area contributed by atoms with Gasteiger partial charge in [0.1, 0.15) is 5.82 Å². The van der Waals surface area contributed by atoms with E-state index in [0.29, 0.717) is 0 Å². The van der Waals surface area contributed by atoms with E-state index in [9.17, 15) is 0 Å². The molecule has 0 bridgehead atoms. The summed E-state index contributed by atoms with van der Waals surface area (Å²) < 4.78 is 1.08. The number of benzene rings is 2. The molecule has 0 amide bonds. The fraction of sp³-hybridized carbons (Fsp3) is 0.118. The van der Waals surface area contributed by atoms with Crippen molar-refractivity contribution in [3.63, 3.8) is 0 Å². The zero-order valence-corrected chi connectivity index (χ0v) is 13.3. The van der Waals surface area contributed by atoms with Crippen molar-refractivity contribution < 1.29 is 0 Å². The summed E-state index contributed by atoms with van der Waals surface area (Å²) in [6.07, 6.45) is 0. The first-order chi connectivity index (χ1) is 10.1. The summed E-state index contributed by atoms with van der Waals surface area (Å²) in [5.41, 5.74) is 8.69. The van der Waals surface area contributed by atoms with Crippen LogP contribution in [0.5, 0.6) is 0 Å². The first-order valence-corrected chi connectivity index (χ1v) is 7.59. The Morgan fingerprint density at radius 1 is 1.10 bits per heavy atom. The van der Waals surface area contributed by atoms with Gasteiger partial charge < -0.3 is 11.1 Å². The molecule has 1 atom stereocenters. The Morgan fingerprint density at radius 2 is 1.95 bits per heavy atom. The molecule has 2 aromatic carbocycles. The van der Waals surface area contributed by atoms with Gasteiger partial charge in [-0.3, -0.25) is 0 Å². The second kappa shape index (κ2) is 5.74. The largest absolute Gasteiger partial charge is 0.399 e. The van der Waals surface area contributed by atoms with Crippen molar-refractivity contribution >= 4 is 38.3 Å². The van der Waals surface area contributed by atoms with Gasteiger partial charge in [0.25, 0.3) is 0 Å². The number of nitrogens with zero attached hydrogens (tertiary/aromatic N) is 1. The summed E-state index contributed by atoms with van der Waals surface area (Å²) in [5, 5.41) is 4.48. The lowest BCUT2D eigenvalue weighted by molar-refractivity contribution is 0.875. The third-order valence-corrected chi connectivity index (χ3v) is 3.92. The van der Waals surface area contributed by atoms with Crippen molar-refractivity contribution in [3.8, 4) is 0 Å². The molecule has 0 aliphatic carbocycles. The second-order valence-corrected chi connectivity index (χ2v) is 5.99. The summed E-state index contributed by atoms with van der Waals surface area (Å²) in [6.45, 7) is 2.12. The summed E-state index contributed by atoms with van der Waals surface area (Å²) in [6, 6.07) is 18.2. The maximum Gasteiger partial charge on any atom is 0.127 e. The minimum atomic E-state index is 0.182. The molecule has 3 N–H and O–H groups in total. The zero-order chi connectivity index (χ0) is 14.8. The van der Waals surface area contributed by atoms with Crippen LogP contribution in [-0.4, -0.2) is 4.98 Å². The number of rotatable bonds is 3. The molecule has 106 valence electrons. The van der Waals surface area contributed by atoms with Crippen molar-refractivity contribution in [1.82, 2.24) is 4.98 Å². The van der Waals surface area contributed by atoms with Crippen molar-refractivity contribution in [2.45, 2.75) is 13.0 Å². The van der Waals surface area contributed by atoms with Crippen LogP contribution in [-0.2, 0) is 0 Å². The molecule has 1 aromatic heterocycles. The Morgan fingerprint density at radius 3 is 2.76 bits per heavy atom. The van der Waals surface area contributed by atoms with E-state index in [1.54, 1.807) is 0 Å². The number of nitrogens with two attached hydrogens (primary N) is 1. The molecule has 0 aliphatic rings. The third kappa shape index (κ3) is 3.16. The quantitative estimate of drug-likeness (QED) is 0.675. The van der Waals surface area contributed by atoms with Gasteiger partial charge in [-0.25, -0.2) is 4.98 Å². The number of pyridine rings is 1. The standard InChI is InChI=1S/C17H16BrN3/c1-11(12-3-2-4-14(18)9-12)20-17-8-5-13-10-15(19)6-7-16(13)21-17/h2-11H,19H2,1H3,(H,20,21). The number of halogens is 1. The highest BCUT2D eigenvalue weighted by Gasteiger charge is 2.07. The molecule has 4 heteroatoms. The molecule has 1 heterocycles. The molecule has 1 unspecified atom stereocenters. The van der Waals surface area contributed by atoms with E-state index in [1.807, 2.05) is 42.5 Å². The number of hydrogen-bond donors (Lipinski definition) is 2. The van der Waals surface area contributed by atoms with Gasteiger partial charge in [-0.1, -0.05) is 28.1 Å². The minimum Gasteiger partial charge on any atom is -0.399 e. The summed E-state index contributed by atoms with van der Waals surface area (Å²) in [4.78, 5) is 4.63. The highest BCUT2D eigenvalue weighted by molar-refractivity contribution is 9.10. The van der Waals surface area contributed by atoms with Crippen LogP contribution in [0.15, 0.2) is 59.1 Å². The number of aromatic nitrogens is 1. The zero-order valence-electron chi connectivity index (χ0n) is 11.7. The molecule has 3 aromatic rings. The molecule has 0 saturated carbocycles. The van der Waals surface area contributed by atoms with Crippen molar-refractivity contribution in [2.24, 2.45) is 0 Å². The van der Waals surface area contributed by atoms with Crippen molar-refractivity contribution in [3.05, 3.63) is 64.6 Å². The van der Waals surface area contributed by atoms with Crippen LogP contribution in [0.3, 0.4) is 0 Å². The van der Waals surface area contributed by atoms with E-state index in [1.165, 1.54) is 5.56 Å². The molecular weight excluding hydrogens is 326 g/mol. The van der Waals surface area contributed by atoms with Gasteiger partial charge in [0, 0.05) is 21.6 Å². The summed E-state index contributed by atoms with van der Waals surface area (Å²) >= 11 is 3.50. The summed E-state index contributed by atoms with van der Waals surface area (Å²) in [5.74, 6) is 0.861.